The molecule has 0 saturated heterocycles. The van der Waals surface area contributed by atoms with E-state index in [-0.39, 0.29) is 0 Å². The van der Waals surface area contributed by atoms with Crippen LogP contribution in [0.25, 0.3) is 0 Å². The molecule has 0 fully saturated rings. The van der Waals surface area contributed by atoms with Gasteiger partial charge in [0.05, 0.1) is 0 Å². The molecule has 0 bridgehead atoms. The van der Waals surface area contributed by atoms with E-state index in [0.29, 0.717) is 12.1 Å². The average molecular weight is 310 g/mol. The second kappa shape index (κ2) is 5.17. The highest BCUT2D eigenvalue weighted by atomic mass is 19.4. The number of hydrogen-bond acceptors (Lipinski definition) is 0. The van der Waals surface area contributed by atoms with Gasteiger partial charge in [0.2, 0.25) is 0 Å². The van der Waals surface area contributed by atoms with Gasteiger partial charge in [-0.25, -0.2) is 0 Å². The standard InChI is InChI=1S/C11H7F9/c12-9(13,14)7(6-4-2-1-3-5-6)8(10(15,16)17)11(18,19)20/h1-5,7-8H. The zero-order chi connectivity index (χ0) is 15.8. The van der Waals surface area contributed by atoms with Gasteiger partial charge in [-0.15, -0.1) is 0 Å². The smallest absolute Gasteiger partial charge is 0.170 e. The van der Waals surface area contributed by atoms with Crippen LogP contribution in [0.3, 0.4) is 0 Å². The molecule has 0 spiro atoms. The fourth-order valence-corrected chi connectivity index (χ4v) is 1.79. The molecule has 0 saturated carbocycles. The van der Waals surface area contributed by atoms with Gasteiger partial charge in [0, 0.05) is 0 Å². The zero-order valence-electron chi connectivity index (χ0n) is 9.44. The number of halogens is 9. The highest BCUT2D eigenvalue weighted by molar-refractivity contribution is 5.23. The van der Waals surface area contributed by atoms with Crippen molar-refractivity contribution in [2.24, 2.45) is 5.92 Å². The van der Waals surface area contributed by atoms with E-state index < -0.39 is 35.9 Å². The number of rotatable bonds is 2. The van der Waals surface area contributed by atoms with Crippen LogP contribution in [0.2, 0.25) is 0 Å². The largest absolute Gasteiger partial charge is 0.401 e. The predicted octanol–water partition coefficient (Wildman–Crippen LogP) is 5.07. The Bertz CT molecular complexity index is 412. The second-order valence-electron chi connectivity index (χ2n) is 3.99. The molecule has 1 rings (SSSR count). The van der Waals surface area contributed by atoms with E-state index in [1.54, 1.807) is 0 Å². The van der Waals surface area contributed by atoms with Crippen molar-refractivity contribution < 1.29 is 39.5 Å². The van der Waals surface area contributed by atoms with Gasteiger partial charge >= 0.3 is 18.5 Å². The predicted molar refractivity (Wildman–Crippen MR) is 50.8 cm³/mol. The molecule has 9 heteroatoms. The lowest BCUT2D eigenvalue weighted by atomic mass is 9.84. The second-order valence-corrected chi connectivity index (χ2v) is 3.99. The lowest BCUT2D eigenvalue weighted by Gasteiger charge is -2.32. The molecule has 0 heterocycles. The minimum Gasteiger partial charge on any atom is -0.170 e. The Morgan fingerprint density at radius 3 is 1.30 bits per heavy atom. The molecule has 1 aromatic rings. The van der Waals surface area contributed by atoms with Crippen molar-refractivity contribution in [1.82, 2.24) is 0 Å². The van der Waals surface area contributed by atoms with Gasteiger partial charge in [0.25, 0.3) is 0 Å². The van der Waals surface area contributed by atoms with Crippen LogP contribution in [-0.2, 0) is 0 Å². The van der Waals surface area contributed by atoms with Gasteiger partial charge in [-0.05, 0) is 5.56 Å². The molecule has 0 N–H and O–H groups in total. The maximum Gasteiger partial charge on any atom is 0.401 e. The molecule has 0 aliphatic rings. The SMILES string of the molecule is FC(F)(F)C(c1ccccc1)C(C(F)(F)F)C(F)(F)F. The molecule has 0 aromatic heterocycles. The fraction of sp³-hybridized carbons (Fsp3) is 0.455. The lowest BCUT2D eigenvalue weighted by molar-refractivity contribution is -0.317. The minimum absolute atomic E-state index is 0.586. The molecule has 0 radical (unpaired) electrons. The van der Waals surface area contributed by atoms with Crippen LogP contribution in [-0.4, -0.2) is 18.5 Å². The van der Waals surface area contributed by atoms with Crippen LogP contribution < -0.4 is 0 Å². The Hall–Kier alpha value is -1.41. The molecule has 1 aromatic carbocycles. The van der Waals surface area contributed by atoms with Gasteiger partial charge in [0.15, 0.2) is 5.92 Å². The van der Waals surface area contributed by atoms with Crippen LogP contribution in [0.5, 0.6) is 0 Å². The van der Waals surface area contributed by atoms with Crippen LogP contribution >= 0.6 is 0 Å². The van der Waals surface area contributed by atoms with Gasteiger partial charge in [-0.2, -0.15) is 39.5 Å². The Balaban J connectivity index is 3.43. The molecule has 0 nitrogen and oxygen atoms in total. The molecule has 0 aliphatic heterocycles. The number of hydrogen-bond donors (Lipinski definition) is 0. The third-order valence-corrected chi connectivity index (χ3v) is 2.55. The summed E-state index contributed by atoms with van der Waals surface area (Å²) in [5.41, 5.74) is -1.08. The van der Waals surface area contributed by atoms with Crippen LogP contribution in [0.4, 0.5) is 39.5 Å². The molecular formula is C11H7F9. The highest BCUT2D eigenvalue weighted by Gasteiger charge is 2.66. The zero-order valence-corrected chi connectivity index (χ0v) is 9.44. The van der Waals surface area contributed by atoms with E-state index >= 15 is 0 Å². The monoisotopic (exact) mass is 310 g/mol. The van der Waals surface area contributed by atoms with Crippen molar-refractivity contribution in [3.05, 3.63) is 35.9 Å². The van der Waals surface area contributed by atoms with Gasteiger partial charge in [-0.1, -0.05) is 30.3 Å². The van der Waals surface area contributed by atoms with E-state index in [1.165, 1.54) is 6.07 Å². The quantitative estimate of drug-likeness (QED) is 0.669. The normalized spacial score (nSPS) is 15.5. The summed E-state index contributed by atoms with van der Waals surface area (Å²) in [6, 6.07) is 4.24. The molecule has 0 amide bonds. The molecule has 1 unspecified atom stereocenters. The minimum atomic E-state index is -6.06. The van der Waals surface area contributed by atoms with E-state index in [1.807, 2.05) is 0 Å². The van der Waals surface area contributed by atoms with E-state index in [9.17, 15) is 39.5 Å². The summed E-state index contributed by atoms with van der Waals surface area (Å²) >= 11 is 0. The van der Waals surface area contributed by atoms with E-state index in [0.717, 1.165) is 12.1 Å². The maximum atomic E-state index is 12.7. The average Bonchev–Trinajstić information content (AvgIpc) is 2.21. The Morgan fingerprint density at radius 2 is 1.00 bits per heavy atom. The Labute approximate surface area is 107 Å². The summed E-state index contributed by atoms with van der Waals surface area (Å²) in [4.78, 5) is 0. The first-order valence-corrected chi connectivity index (χ1v) is 5.10. The van der Waals surface area contributed by atoms with E-state index in [2.05, 4.69) is 0 Å². The van der Waals surface area contributed by atoms with Crippen molar-refractivity contribution >= 4 is 0 Å². The first-order chi connectivity index (χ1) is 8.85. The van der Waals surface area contributed by atoms with Crippen molar-refractivity contribution in [1.29, 1.82) is 0 Å². The van der Waals surface area contributed by atoms with Crippen molar-refractivity contribution in [3.8, 4) is 0 Å². The summed E-state index contributed by atoms with van der Waals surface area (Å²) in [7, 11) is 0. The maximum absolute atomic E-state index is 12.7. The molecule has 0 aliphatic carbocycles. The first-order valence-electron chi connectivity index (χ1n) is 5.10. The third kappa shape index (κ3) is 3.80. The summed E-state index contributed by atoms with van der Waals surface area (Å²) in [6.07, 6.45) is -17.8. The van der Waals surface area contributed by atoms with Crippen LogP contribution in [0.1, 0.15) is 11.5 Å². The highest BCUT2D eigenvalue weighted by Crippen LogP contribution is 2.53. The topological polar surface area (TPSA) is 0 Å². The van der Waals surface area contributed by atoms with Gasteiger partial charge in [-0.3, -0.25) is 0 Å². The van der Waals surface area contributed by atoms with Crippen LogP contribution in [0.15, 0.2) is 30.3 Å². The van der Waals surface area contributed by atoms with Crippen LogP contribution in [0, 0.1) is 5.92 Å². The Morgan fingerprint density at radius 1 is 0.600 bits per heavy atom. The molecular weight excluding hydrogens is 303 g/mol. The molecule has 114 valence electrons. The summed E-state index contributed by atoms with van der Waals surface area (Å²) in [5.74, 6) is -8.19. The van der Waals surface area contributed by atoms with Gasteiger partial charge in [0.1, 0.15) is 5.92 Å². The summed E-state index contributed by atoms with van der Waals surface area (Å²) < 4.78 is 113. The lowest BCUT2D eigenvalue weighted by Crippen LogP contribution is -2.45. The number of alkyl halides is 9. The van der Waals surface area contributed by atoms with Crippen molar-refractivity contribution in [3.63, 3.8) is 0 Å². The summed E-state index contributed by atoms with van der Waals surface area (Å²) in [5, 5.41) is 0. The first kappa shape index (κ1) is 16.6. The molecule has 1 atom stereocenters. The van der Waals surface area contributed by atoms with Gasteiger partial charge < -0.3 is 0 Å². The fourth-order valence-electron chi connectivity index (χ4n) is 1.79. The van der Waals surface area contributed by atoms with Crippen molar-refractivity contribution in [2.75, 3.05) is 0 Å². The van der Waals surface area contributed by atoms with E-state index in [4.69, 9.17) is 0 Å². The number of benzene rings is 1. The van der Waals surface area contributed by atoms with Crippen molar-refractivity contribution in [2.45, 2.75) is 24.4 Å². The third-order valence-electron chi connectivity index (χ3n) is 2.55. The molecule has 20 heavy (non-hydrogen) atoms. The Kier molecular flexibility index (Phi) is 4.31. The summed E-state index contributed by atoms with van der Waals surface area (Å²) in [6.45, 7) is 0.